The van der Waals surface area contributed by atoms with Gasteiger partial charge in [-0.2, -0.15) is 4.98 Å². The summed E-state index contributed by atoms with van der Waals surface area (Å²) in [6.45, 7) is 0. The SMILES string of the molecule is COc1cc(-c2noc(CCCCC(=O)O)n2)ncn1. The standard InChI is InChI=1S/C12H14N4O4/c1-19-10-6-8(13-7-14-10)12-15-9(20-16-12)4-2-3-5-11(17)18/h6-7H,2-5H2,1H3,(H,17,18). The average Bonchev–Trinajstić information content (AvgIpc) is 2.92. The second kappa shape index (κ2) is 6.60. The van der Waals surface area contributed by atoms with E-state index in [9.17, 15) is 4.79 Å². The molecule has 0 aliphatic rings. The van der Waals surface area contributed by atoms with Crippen LogP contribution in [0.5, 0.6) is 5.88 Å². The smallest absolute Gasteiger partial charge is 0.303 e. The highest BCUT2D eigenvalue weighted by Gasteiger charge is 2.11. The predicted molar refractivity (Wildman–Crippen MR) is 67.1 cm³/mol. The van der Waals surface area contributed by atoms with Gasteiger partial charge in [0.15, 0.2) is 0 Å². The monoisotopic (exact) mass is 278 g/mol. The number of hydrogen-bond donors (Lipinski definition) is 1. The first kappa shape index (κ1) is 13.9. The van der Waals surface area contributed by atoms with Gasteiger partial charge in [0.25, 0.3) is 0 Å². The highest BCUT2D eigenvalue weighted by molar-refractivity contribution is 5.66. The summed E-state index contributed by atoms with van der Waals surface area (Å²) < 4.78 is 10.1. The zero-order chi connectivity index (χ0) is 14.4. The number of carboxylic acids is 1. The Balaban J connectivity index is 1.96. The average molecular weight is 278 g/mol. The van der Waals surface area contributed by atoms with Gasteiger partial charge >= 0.3 is 5.97 Å². The minimum absolute atomic E-state index is 0.143. The molecule has 0 aromatic carbocycles. The lowest BCUT2D eigenvalue weighted by Gasteiger charge is -1.97. The lowest BCUT2D eigenvalue weighted by atomic mass is 10.2. The summed E-state index contributed by atoms with van der Waals surface area (Å²) in [7, 11) is 1.51. The lowest BCUT2D eigenvalue weighted by molar-refractivity contribution is -0.137. The molecule has 0 unspecified atom stereocenters. The molecular formula is C12H14N4O4. The second-order valence-corrected chi connectivity index (χ2v) is 4.06. The van der Waals surface area contributed by atoms with Crippen LogP contribution in [0.25, 0.3) is 11.5 Å². The van der Waals surface area contributed by atoms with Crippen molar-refractivity contribution in [3.63, 3.8) is 0 Å². The number of aromatic nitrogens is 4. The zero-order valence-electron chi connectivity index (χ0n) is 10.9. The molecule has 0 radical (unpaired) electrons. The summed E-state index contributed by atoms with van der Waals surface area (Å²) in [5, 5.41) is 12.4. The summed E-state index contributed by atoms with van der Waals surface area (Å²) in [5.74, 6) is 0.439. The number of nitrogens with zero attached hydrogens (tertiary/aromatic N) is 4. The van der Waals surface area contributed by atoms with Gasteiger partial charge in [0.05, 0.1) is 7.11 Å². The number of aryl methyl sites for hydroxylation is 1. The van der Waals surface area contributed by atoms with Gasteiger partial charge in [0.2, 0.25) is 17.6 Å². The Morgan fingerprint density at radius 1 is 1.40 bits per heavy atom. The van der Waals surface area contributed by atoms with Gasteiger partial charge in [-0.25, -0.2) is 9.97 Å². The van der Waals surface area contributed by atoms with Crippen molar-refractivity contribution in [2.45, 2.75) is 25.7 Å². The van der Waals surface area contributed by atoms with Crippen LogP contribution >= 0.6 is 0 Å². The molecule has 0 fully saturated rings. The van der Waals surface area contributed by atoms with Crippen molar-refractivity contribution in [3.8, 4) is 17.4 Å². The van der Waals surface area contributed by atoms with Gasteiger partial charge in [-0.15, -0.1) is 0 Å². The van der Waals surface area contributed by atoms with Crippen LogP contribution in [0.1, 0.15) is 25.2 Å². The number of methoxy groups -OCH3 is 1. The fourth-order valence-corrected chi connectivity index (χ4v) is 1.59. The number of aliphatic carboxylic acids is 1. The molecule has 2 heterocycles. The molecule has 2 rings (SSSR count). The number of ether oxygens (including phenoxy) is 1. The topological polar surface area (TPSA) is 111 Å². The van der Waals surface area contributed by atoms with Crippen LogP contribution in [0.15, 0.2) is 16.9 Å². The number of unbranched alkanes of at least 4 members (excludes halogenated alkanes) is 1. The van der Waals surface area contributed by atoms with E-state index >= 15 is 0 Å². The Morgan fingerprint density at radius 2 is 2.25 bits per heavy atom. The van der Waals surface area contributed by atoms with Crippen LogP contribution < -0.4 is 4.74 Å². The Bertz CT molecular complexity index is 584. The zero-order valence-corrected chi connectivity index (χ0v) is 10.9. The molecule has 0 aliphatic heterocycles. The van der Waals surface area contributed by atoms with E-state index in [0.717, 1.165) is 0 Å². The first-order valence-electron chi connectivity index (χ1n) is 6.10. The summed E-state index contributed by atoms with van der Waals surface area (Å²) in [6.07, 6.45) is 3.30. The number of carbonyl (C=O) groups is 1. The van der Waals surface area contributed by atoms with Crippen molar-refractivity contribution < 1.29 is 19.2 Å². The normalized spacial score (nSPS) is 10.4. The molecule has 1 N–H and O–H groups in total. The molecule has 20 heavy (non-hydrogen) atoms. The van der Waals surface area contributed by atoms with Crippen molar-refractivity contribution in [2.24, 2.45) is 0 Å². The minimum Gasteiger partial charge on any atom is -0.481 e. The van der Waals surface area contributed by atoms with Gasteiger partial charge in [-0.3, -0.25) is 4.79 Å². The molecule has 0 atom stereocenters. The predicted octanol–water partition coefficient (Wildman–Crippen LogP) is 1.33. The summed E-state index contributed by atoms with van der Waals surface area (Å²) in [5.41, 5.74) is 0.511. The van der Waals surface area contributed by atoms with E-state index in [4.69, 9.17) is 14.4 Å². The van der Waals surface area contributed by atoms with Crippen molar-refractivity contribution in [3.05, 3.63) is 18.3 Å². The molecule has 8 heteroatoms. The van der Waals surface area contributed by atoms with Gasteiger partial charge < -0.3 is 14.4 Å². The molecule has 2 aromatic heterocycles. The third-order valence-electron chi connectivity index (χ3n) is 2.58. The lowest BCUT2D eigenvalue weighted by Crippen LogP contribution is -1.95. The van der Waals surface area contributed by atoms with E-state index in [2.05, 4.69) is 20.1 Å². The van der Waals surface area contributed by atoms with Crippen LogP contribution in [0.3, 0.4) is 0 Å². The Kier molecular flexibility index (Phi) is 4.59. The minimum atomic E-state index is -0.802. The molecule has 2 aromatic rings. The summed E-state index contributed by atoms with van der Waals surface area (Å²) >= 11 is 0. The van der Waals surface area contributed by atoms with Crippen molar-refractivity contribution in [2.75, 3.05) is 7.11 Å². The largest absolute Gasteiger partial charge is 0.481 e. The fraction of sp³-hybridized carbons (Fsp3) is 0.417. The molecule has 0 saturated heterocycles. The molecule has 0 saturated carbocycles. The number of hydrogen-bond acceptors (Lipinski definition) is 7. The summed E-state index contributed by atoms with van der Waals surface area (Å²) in [6, 6.07) is 1.61. The Morgan fingerprint density at radius 3 is 3.00 bits per heavy atom. The second-order valence-electron chi connectivity index (χ2n) is 4.06. The van der Waals surface area contributed by atoms with Gasteiger partial charge in [-0.05, 0) is 12.8 Å². The van der Waals surface area contributed by atoms with Crippen molar-refractivity contribution in [1.29, 1.82) is 0 Å². The third kappa shape index (κ3) is 3.74. The first-order chi connectivity index (χ1) is 9.69. The van der Waals surface area contributed by atoms with Crippen molar-refractivity contribution >= 4 is 5.97 Å². The van der Waals surface area contributed by atoms with Crippen LogP contribution in [-0.4, -0.2) is 38.3 Å². The van der Waals surface area contributed by atoms with E-state index < -0.39 is 5.97 Å². The highest BCUT2D eigenvalue weighted by Crippen LogP contribution is 2.17. The number of rotatable bonds is 7. The molecule has 0 bridgehead atoms. The maximum absolute atomic E-state index is 10.4. The van der Waals surface area contributed by atoms with E-state index in [0.29, 0.717) is 42.6 Å². The van der Waals surface area contributed by atoms with Gasteiger partial charge in [0, 0.05) is 18.9 Å². The van der Waals surface area contributed by atoms with Crippen molar-refractivity contribution in [1.82, 2.24) is 20.1 Å². The quantitative estimate of drug-likeness (QED) is 0.755. The van der Waals surface area contributed by atoms with Gasteiger partial charge in [0.1, 0.15) is 12.0 Å². The Hall–Kier alpha value is -2.51. The first-order valence-corrected chi connectivity index (χ1v) is 6.10. The molecule has 8 nitrogen and oxygen atoms in total. The maximum Gasteiger partial charge on any atom is 0.303 e. The van der Waals surface area contributed by atoms with E-state index in [-0.39, 0.29) is 6.42 Å². The fourth-order valence-electron chi connectivity index (χ4n) is 1.59. The highest BCUT2D eigenvalue weighted by atomic mass is 16.5. The van der Waals surface area contributed by atoms with E-state index in [1.165, 1.54) is 13.4 Å². The van der Waals surface area contributed by atoms with Crippen LogP contribution in [0.4, 0.5) is 0 Å². The molecule has 106 valence electrons. The van der Waals surface area contributed by atoms with Crippen LogP contribution in [-0.2, 0) is 11.2 Å². The summed E-state index contributed by atoms with van der Waals surface area (Å²) in [4.78, 5) is 22.5. The molecule has 0 aliphatic carbocycles. The maximum atomic E-state index is 10.4. The molecule has 0 amide bonds. The molecular weight excluding hydrogens is 264 g/mol. The number of carboxylic acid groups (broad SMARTS) is 1. The van der Waals surface area contributed by atoms with Crippen LogP contribution in [0, 0.1) is 0 Å². The van der Waals surface area contributed by atoms with Crippen LogP contribution in [0.2, 0.25) is 0 Å². The molecule has 0 spiro atoms. The van der Waals surface area contributed by atoms with Gasteiger partial charge in [-0.1, -0.05) is 5.16 Å². The third-order valence-corrected chi connectivity index (χ3v) is 2.58. The Labute approximate surface area is 114 Å². The van der Waals surface area contributed by atoms with E-state index in [1.807, 2.05) is 0 Å². The van der Waals surface area contributed by atoms with E-state index in [1.54, 1.807) is 6.07 Å².